The van der Waals surface area contributed by atoms with Gasteiger partial charge in [0.1, 0.15) is 0 Å². The van der Waals surface area contributed by atoms with Gasteiger partial charge in [-0.1, -0.05) is 32.9 Å². The van der Waals surface area contributed by atoms with Crippen LogP contribution in [-0.4, -0.2) is 15.8 Å². The number of nitrogens with zero attached hydrogens (tertiary/aromatic N) is 1. The van der Waals surface area contributed by atoms with E-state index in [-0.39, 0.29) is 11.2 Å². The molecule has 124 valence electrons. The van der Waals surface area contributed by atoms with Crippen LogP contribution in [0.5, 0.6) is 0 Å². The Bertz CT molecular complexity index is 735. The number of nitrogens with two attached hydrogens (primary N) is 1. The van der Waals surface area contributed by atoms with E-state index in [1.807, 2.05) is 46.8 Å². The van der Waals surface area contributed by atoms with Gasteiger partial charge in [-0.05, 0) is 50.2 Å². The quantitative estimate of drug-likeness (QED) is 0.488. The van der Waals surface area contributed by atoms with Gasteiger partial charge in [0.05, 0.1) is 0 Å². The molecule has 5 heteroatoms. The van der Waals surface area contributed by atoms with E-state index in [0.29, 0.717) is 16.0 Å². The lowest BCUT2D eigenvalue weighted by Gasteiger charge is -2.21. The predicted molar refractivity (Wildman–Crippen MR) is 98.2 cm³/mol. The summed E-state index contributed by atoms with van der Waals surface area (Å²) < 4.78 is 0.554. The van der Waals surface area contributed by atoms with Gasteiger partial charge in [-0.2, -0.15) is 0 Å². The van der Waals surface area contributed by atoms with E-state index in [0.717, 1.165) is 17.7 Å². The molecule has 0 radical (unpaired) electrons. The minimum Gasteiger partial charge on any atom is -0.398 e. The van der Waals surface area contributed by atoms with Gasteiger partial charge in [0.2, 0.25) is 0 Å². The average molecular weight is 331 g/mol. The number of aromatic nitrogens is 2. The number of anilines is 1. The summed E-state index contributed by atoms with van der Waals surface area (Å²) in [6, 6.07) is 7.23. The lowest BCUT2D eigenvalue weighted by atomic mass is 9.81. The van der Waals surface area contributed by atoms with Gasteiger partial charge in [0, 0.05) is 28.6 Å². The molecule has 0 atom stereocenters. The first-order valence-corrected chi connectivity index (χ1v) is 8.01. The molecule has 1 aromatic heterocycles. The highest BCUT2D eigenvalue weighted by molar-refractivity contribution is 7.71. The minimum absolute atomic E-state index is 0.123. The summed E-state index contributed by atoms with van der Waals surface area (Å²) in [6.07, 6.45) is 2.59. The number of Topliss-reactive ketones (excluding diaryl/α,β-unsaturated/α-hetero) is 1. The van der Waals surface area contributed by atoms with Gasteiger partial charge in [-0.15, -0.1) is 0 Å². The second-order valence-electron chi connectivity index (χ2n) is 6.15. The lowest BCUT2D eigenvalue weighted by molar-refractivity contribution is 0.0834. The van der Waals surface area contributed by atoms with Crippen LogP contribution in [0, 0.1) is 24.0 Å². The first-order chi connectivity index (χ1) is 10.7. The summed E-state index contributed by atoms with van der Waals surface area (Å²) >= 11 is 4.79. The van der Waals surface area contributed by atoms with Crippen LogP contribution in [-0.2, 0) is 0 Å². The lowest BCUT2D eigenvalue weighted by Crippen LogP contribution is -2.24. The molecule has 0 saturated carbocycles. The van der Waals surface area contributed by atoms with Crippen LogP contribution in [0.1, 0.15) is 48.8 Å². The summed E-state index contributed by atoms with van der Waals surface area (Å²) in [5.41, 5.74) is 8.87. The number of carbonyl (C=O) groups excluding carboxylic acids is 1. The molecule has 0 amide bonds. The monoisotopic (exact) mass is 331 g/mol. The molecule has 0 fully saturated rings. The molecule has 3 N–H and O–H groups in total. The van der Waals surface area contributed by atoms with Crippen molar-refractivity contribution in [3.05, 3.63) is 52.1 Å². The van der Waals surface area contributed by atoms with Crippen LogP contribution >= 0.6 is 12.2 Å². The maximum Gasteiger partial charge on any atom is 0.196 e. The third-order valence-corrected chi connectivity index (χ3v) is 4.17. The van der Waals surface area contributed by atoms with Crippen molar-refractivity contribution in [1.29, 1.82) is 0 Å². The SMILES string of the molecule is CCC(C)(C)C(=O)c1ccccc1N.Cc1cnc(=S)[nH]c1C. The molecular formula is C18H25N3OS. The largest absolute Gasteiger partial charge is 0.398 e. The molecule has 0 spiro atoms. The van der Waals surface area contributed by atoms with Crippen molar-refractivity contribution in [3.8, 4) is 0 Å². The number of H-pyrrole nitrogens is 1. The van der Waals surface area contributed by atoms with E-state index in [4.69, 9.17) is 18.0 Å². The Morgan fingerprint density at radius 1 is 1.30 bits per heavy atom. The number of hydrogen-bond acceptors (Lipinski definition) is 4. The molecule has 0 unspecified atom stereocenters. The summed E-state index contributed by atoms with van der Waals surface area (Å²) in [5, 5.41) is 0. The van der Waals surface area contributed by atoms with Crippen LogP contribution in [0.3, 0.4) is 0 Å². The molecule has 1 aromatic carbocycles. The van der Waals surface area contributed by atoms with Crippen molar-refractivity contribution < 1.29 is 4.79 Å². The summed E-state index contributed by atoms with van der Waals surface area (Å²) in [6.45, 7) is 9.88. The fraction of sp³-hybridized carbons (Fsp3) is 0.389. The Morgan fingerprint density at radius 3 is 2.39 bits per heavy atom. The molecule has 0 aliphatic carbocycles. The first kappa shape index (κ1) is 19.0. The van der Waals surface area contributed by atoms with Gasteiger partial charge in [-0.3, -0.25) is 4.79 Å². The van der Waals surface area contributed by atoms with Gasteiger partial charge in [0.25, 0.3) is 0 Å². The Morgan fingerprint density at radius 2 is 1.91 bits per heavy atom. The van der Waals surface area contributed by atoms with Crippen molar-refractivity contribution in [1.82, 2.24) is 9.97 Å². The van der Waals surface area contributed by atoms with Crippen molar-refractivity contribution in [2.24, 2.45) is 5.41 Å². The number of para-hydroxylation sites is 1. The number of ketones is 1. The van der Waals surface area contributed by atoms with Crippen LogP contribution < -0.4 is 5.73 Å². The third-order valence-electron chi connectivity index (χ3n) is 3.97. The molecule has 0 aliphatic heterocycles. The van der Waals surface area contributed by atoms with E-state index < -0.39 is 0 Å². The Balaban J connectivity index is 0.000000253. The van der Waals surface area contributed by atoms with Crippen molar-refractivity contribution in [2.75, 3.05) is 5.73 Å². The third kappa shape index (κ3) is 5.28. The molecule has 2 aromatic rings. The molecular weight excluding hydrogens is 306 g/mol. The second-order valence-corrected chi connectivity index (χ2v) is 6.54. The van der Waals surface area contributed by atoms with E-state index in [1.54, 1.807) is 18.3 Å². The molecule has 0 saturated heterocycles. The fourth-order valence-corrected chi connectivity index (χ4v) is 1.98. The zero-order valence-corrected chi connectivity index (χ0v) is 15.3. The predicted octanol–water partition coefficient (Wildman–Crippen LogP) is 4.64. The number of nitrogen functional groups attached to an aromatic ring is 1. The summed E-state index contributed by atoms with van der Waals surface area (Å²) in [7, 11) is 0. The van der Waals surface area contributed by atoms with E-state index >= 15 is 0 Å². The summed E-state index contributed by atoms with van der Waals surface area (Å²) in [4.78, 5) is 18.9. The summed E-state index contributed by atoms with van der Waals surface area (Å²) in [5.74, 6) is 0.123. The van der Waals surface area contributed by atoms with Crippen LogP contribution in [0.25, 0.3) is 0 Å². The normalized spacial score (nSPS) is 10.7. The van der Waals surface area contributed by atoms with Crippen LogP contribution in [0.15, 0.2) is 30.5 Å². The molecule has 23 heavy (non-hydrogen) atoms. The second kappa shape index (κ2) is 8.02. The molecule has 1 heterocycles. The molecule has 0 bridgehead atoms. The van der Waals surface area contributed by atoms with Crippen molar-refractivity contribution in [3.63, 3.8) is 0 Å². The Kier molecular flexibility index (Phi) is 6.63. The number of hydrogen-bond donors (Lipinski definition) is 2. The van der Waals surface area contributed by atoms with Gasteiger partial charge >= 0.3 is 0 Å². The highest BCUT2D eigenvalue weighted by Crippen LogP contribution is 2.27. The zero-order valence-electron chi connectivity index (χ0n) is 14.4. The van der Waals surface area contributed by atoms with Crippen LogP contribution in [0.4, 0.5) is 5.69 Å². The van der Waals surface area contributed by atoms with Crippen LogP contribution in [0.2, 0.25) is 0 Å². The van der Waals surface area contributed by atoms with Gasteiger partial charge in [0.15, 0.2) is 10.6 Å². The smallest absolute Gasteiger partial charge is 0.196 e. The maximum absolute atomic E-state index is 12.0. The highest BCUT2D eigenvalue weighted by Gasteiger charge is 2.27. The zero-order chi connectivity index (χ0) is 17.6. The Labute approximate surface area is 143 Å². The standard InChI is InChI=1S/C12H17NO.C6H8N2S/c1-4-12(2,3)11(14)9-7-5-6-8-10(9)13;1-4-3-7-6(9)8-5(4)2/h5-8H,4,13H2,1-3H3;3H,1-2H3,(H,7,8,9). The number of nitrogens with one attached hydrogen (secondary N) is 1. The fourth-order valence-electron chi connectivity index (χ4n) is 1.77. The van der Waals surface area contributed by atoms with Crippen molar-refractivity contribution >= 4 is 23.7 Å². The molecule has 4 nitrogen and oxygen atoms in total. The number of rotatable bonds is 3. The minimum atomic E-state index is -0.324. The number of aromatic amines is 1. The molecule has 0 aliphatic rings. The first-order valence-electron chi connectivity index (χ1n) is 7.61. The average Bonchev–Trinajstić information content (AvgIpc) is 2.51. The van der Waals surface area contributed by atoms with E-state index in [9.17, 15) is 4.79 Å². The topological polar surface area (TPSA) is 71.8 Å². The number of benzene rings is 1. The van der Waals surface area contributed by atoms with Gasteiger partial charge in [-0.25, -0.2) is 4.98 Å². The highest BCUT2D eigenvalue weighted by atomic mass is 32.1. The Hall–Kier alpha value is -2.01. The van der Waals surface area contributed by atoms with Crippen molar-refractivity contribution in [2.45, 2.75) is 41.0 Å². The van der Waals surface area contributed by atoms with Gasteiger partial charge < -0.3 is 10.7 Å². The van der Waals surface area contributed by atoms with E-state index in [2.05, 4.69) is 9.97 Å². The molecule has 2 rings (SSSR count). The maximum atomic E-state index is 12.0. The van der Waals surface area contributed by atoms with E-state index in [1.165, 1.54) is 0 Å². The number of carbonyl (C=O) groups is 1. The number of aryl methyl sites for hydroxylation is 2.